The Bertz CT molecular complexity index is 701. The van der Waals surface area contributed by atoms with E-state index >= 15 is 0 Å². The third-order valence-electron chi connectivity index (χ3n) is 3.42. The van der Waals surface area contributed by atoms with Crippen molar-refractivity contribution in [2.45, 2.75) is 52.6 Å². The number of esters is 1. The highest BCUT2D eigenvalue weighted by molar-refractivity contribution is 5.71. The van der Waals surface area contributed by atoms with Gasteiger partial charge in [0.2, 0.25) is 0 Å². The lowest BCUT2D eigenvalue weighted by molar-refractivity contribution is -0.155. The number of imidazole rings is 1. The van der Waals surface area contributed by atoms with E-state index in [0.717, 1.165) is 5.69 Å². The Balaban J connectivity index is 2.12. The summed E-state index contributed by atoms with van der Waals surface area (Å²) in [4.78, 5) is 16.0. The molecule has 0 saturated heterocycles. The fourth-order valence-electron chi connectivity index (χ4n) is 2.38. The van der Waals surface area contributed by atoms with Crippen LogP contribution in [0.4, 0.5) is 4.39 Å². The lowest BCUT2D eigenvalue weighted by Crippen LogP contribution is -2.24. The highest BCUT2D eigenvalue weighted by Gasteiger charge is 2.21. The molecule has 0 saturated carbocycles. The summed E-state index contributed by atoms with van der Waals surface area (Å²) in [6.07, 6.45) is 3.63. The predicted octanol–water partition coefficient (Wildman–Crippen LogP) is 4.16. The van der Waals surface area contributed by atoms with Gasteiger partial charge in [0.1, 0.15) is 11.4 Å². The second-order valence-corrected chi connectivity index (χ2v) is 6.82. The van der Waals surface area contributed by atoms with Gasteiger partial charge in [0.25, 0.3) is 0 Å². The van der Waals surface area contributed by atoms with Gasteiger partial charge in [-0.25, -0.2) is 9.37 Å². The van der Waals surface area contributed by atoms with Crippen LogP contribution in [0.15, 0.2) is 30.7 Å². The van der Waals surface area contributed by atoms with Crippen LogP contribution in [0.2, 0.25) is 0 Å². The molecule has 2 aromatic rings. The van der Waals surface area contributed by atoms with E-state index in [0.29, 0.717) is 11.3 Å². The highest BCUT2D eigenvalue weighted by Crippen LogP contribution is 2.25. The number of rotatable bonds is 4. The van der Waals surface area contributed by atoms with Crippen molar-refractivity contribution in [2.24, 2.45) is 0 Å². The van der Waals surface area contributed by atoms with Crippen molar-refractivity contribution in [3.05, 3.63) is 47.8 Å². The number of carbonyl (C=O) groups is 1. The van der Waals surface area contributed by atoms with Crippen molar-refractivity contribution in [1.82, 2.24) is 9.55 Å². The standard InChI is InChI=1S/C18H23FN2O2/c1-12(8-17(22)23-18(3,4)5)15-7-6-14(9-16(15)19)21-10-13(2)20-11-21/h6-7,9-12H,8H2,1-5H3. The Hall–Kier alpha value is -2.17. The summed E-state index contributed by atoms with van der Waals surface area (Å²) in [5.74, 6) is -0.896. The molecule has 0 aliphatic carbocycles. The van der Waals surface area contributed by atoms with Crippen LogP contribution >= 0.6 is 0 Å². The van der Waals surface area contributed by atoms with Crippen molar-refractivity contribution in [3.8, 4) is 5.69 Å². The summed E-state index contributed by atoms with van der Waals surface area (Å²) in [5, 5.41) is 0. The number of aromatic nitrogens is 2. The maximum Gasteiger partial charge on any atom is 0.306 e. The zero-order valence-corrected chi connectivity index (χ0v) is 14.3. The van der Waals surface area contributed by atoms with Gasteiger partial charge in [0.05, 0.1) is 18.4 Å². The topological polar surface area (TPSA) is 44.1 Å². The number of benzene rings is 1. The van der Waals surface area contributed by atoms with Gasteiger partial charge in [-0.15, -0.1) is 0 Å². The molecule has 5 heteroatoms. The number of hydrogen-bond donors (Lipinski definition) is 0. The molecule has 0 spiro atoms. The van der Waals surface area contributed by atoms with Crippen LogP contribution in [0.1, 0.15) is 51.3 Å². The quantitative estimate of drug-likeness (QED) is 0.795. The Morgan fingerprint density at radius 3 is 2.61 bits per heavy atom. The smallest absolute Gasteiger partial charge is 0.306 e. The number of aryl methyl sites for hydroxylation is 1. The van der Waals surface area contributed by atoms with E-state index in [9.17, 15) is 9.18 Å². The number of hydrogen-bond acceptors (Lipinski definition) is 3. The van der Waals surface area contributed by atoms with E-state index in [-0.39, 0.29) is 24.1 Å². The van der Waals surface area contributed by atoms with E-state index < -0.39 is 5.60 Å². The van der Waals surface area contributed by atoms with Crippen molar-refractivity contribution in [1.29, 1.82) is 0 Å². The first-order valence-corrected chi connectivity index (χ1v) is 7.68. The van der Waals surface area contributed by atoms with Crippen LogP contribution in [0, 0.1) is 12.7 Å². The minimum atomic E-state index is -0.529. The largest absolute Gasteiger partial charge is 0.460 e. The summed E-state index contributed by atoms with van der Waals surface area (Å²) in [7, 11) is 0. The molecule has 2 rings (SSSR count). The molecule has 1 aromatic carbocycles. The minimum absolute atomic E-state index is 0.151. The highest BCUT2D eigenvalue weighted by atomic mass is 19.1. The molecule has 23 heavy (non-hydrogen) atoms. The lowest BCUT2D eigenvalue weighted by Gasteiger charge is -2.21. The van der Waals surface area contributed by atoms with Gasteiger partial charge >= 0.3 is 5.97 Å². The number of ether oxygens (including phenoxy) is 1. The van der Waals surface area contributed by atoms with E-state index in [2.05, 4.69) is 4.98 Å². The van der Waals surface area contributed by atoms with Crippen LogP contribution in [-0.4, -0.2) is 21.1 Å². The second kappa shape index (κ2) is 6.52. The van der Waals surface area contributed by atoms with Crippen molar-refractivity contribution in [3.63, 3.8) is 0 Å². The van der Waals surface area contributed by atoms with Gasteiger partial charge in [0, 0.05) is 11.9 Å². The summed E-state index contributed by atoms with van der Waals surface area (Å²) in [6.45, 7) is 9.15. The molecule has 0 amide bonds. The monoisotopic (exact) mass is 318 g/mol. The van der Waals surface area contributed by atoms with E-state index in [4.69, 9.17) is 4.74 Å². The van der Waals surface area contributed by atoms with Crippen LogP contribution in [-0.2, 0) is 9.53 Å². The van der Waals surface area contributed by atoms with Gasteiger partial charge in [-0.3, -0.25) is 4.79 Å². The first-order valence-electron chi connectivity index (χ1n) is 7.68. The van der Waals surface area contributed by atoms with Crippen LogP contribution in [0.25, 0.3) is 5.69 Å². The van der Waals surface area contributed by atoms with Crippen molar-refractivity contribution in [2.75, 3.05) is 0 Å². The van der Waals surface area contributed by atoms with Crippen molar-refractivity contribution >= 4 is 5.97 Å². The zero-order chi connectivity index (χ0) is 17.2. The summed E-state index contributed by atoms with van der Waals surface area (Å²) < 4.78 is 21.5. The fourth-order valence-corrected chi connectivity index (χ4v) is 2.38. The Morgan fingerprint density at radius 1 is 1.39 bits per heavy atom. The summed E-state index contributed by atoms with van der Waals surface area (Å²) >= 11 is 0. The molecular formula is C18H23FN2O2. The molecule has 0 N–H and O–H groups in total. The van der Waals surface area contributed by atoms with Crippen molar-refractivity contribution < 1.29 is 13.9 Å². The molecule has 4 nitrogen and oxygen atoms in total. The van der Waals surface area contributed by atoms with Gasteiger partial charge in [-0.05, 0) is 51.3 Å². The third kappa shape index (κ3) is 4.65. The van der Waals surface area contributed by atoms with Crippen LogP contribution < -0.4 is 0 Å². The molecule has 124 valence electrons. The molecule has 0 bridgehead atoms. The molecule has 1 aromatic heterocycles. The van der Waals surface area contributed by atoms with E-state index in [1.807, 2.05) is 46.9 Å². The maximum absolute atomic E-state index is 14.4. The Kier molecular flexibility index (Phi) is 4.88. The van der Waals surface area contributed by atoms with Gasteiger partial charge in [-0.1, -0.05) is 13.0 Å². The normalized spacial score (nSPS) is 13.0. The lowest BCUT2D eigenvalue weighted by atomic mass is 9.97. The molecule has 0 fully saturated rings. The van der Waals surface area contributed by atoms with Gasteiger partial charge in [0.15, 0.2) is 0 Å². The molecule has 1 atom stereocenters. The molecule has 1 unspecified atom stereocenters. The summed E-state index contributed by atoms with van der Waals surface area (Å²) in [6, 6.07) is 5.00. The molecular weight excluding hydrogens is 295 g/mol. The van der Waals surface area contributed by atoms with Gasteiger partial charge < -0.3 is 9.30 Å². The maximum atomic E-state index is 14.4. The van der Waals surface area contributed by atoms with Crippen LogP contribution in [0.3, 0.4) is 0 Å². The Morgan fingerprint density at radius 2 is 2.09 bits per heavy atom. The zero-order valence-electron chi connectivity index (χ0n) is 14.3. The number of carbonyl (C=O) groups excluding carboxylic acids is 1. The number of halogens is 1. The predicted molar refractivity (Wildman–Crippen MR) is 87.1 cm³/mol. The minimum Gasteiger partial charge on any atom is -0.460 e. The van der Waals surface area contributed by atoms with E-state index in [1.54, 1.807) is 17.0 Å². The SMILES string of the molecule is Cc1cn(-c2ccc(C(C)CC(=O)OC(C)(C)C)c(F)c2)cn1. The third-order valence-corrected chi connectivity index (χ3v) is 3.42. The van der Waals surface area contributed by atoms with Crippen LogP contribution in [0.5, 0.6) is 0 Å². The fraction of sp³-hybridized carbons (Fsp3) is 0.444. The summed E-state index contributed by atoms with van der Waals surface area (Å²) in [5.41, 5.74) is 1.55. The van der Waals surface area contributed by atoms with Gasteiger partial charge in [-0.2, -0.15) is 0 Å². The average Bonchev–Trinajstić information content (AvgIpc) is 2.82. The second-order valence-electron chi connectivity index (χ2n) is 6.82. The first-order chi connectivity index (χ1) is 10.7. The average molecular weight is 318 g/mol. The first kappa shape index (κ1) is 17.2. The molecule has 0 radical (unpaired) electrons. The number of nitrogens with zero attached hydrogens (tertiary/aromatic N) is 2. The molecule has 0 aliphatic rings. The Labute approximate surface area is 136 Å². The van der Waals surface area contributed by atoms with E-state index in [1.165, 1.54) is 6.07 Å². The molecule has 0 aliphatic heterocycles. The molecule has 1 heterocycles.